The van der Waals surface area contributed by atoms with Crippen molar-refractivity contribution in [3.8, 4) is 0 Å². The van der Waals surface area contributed by atoms with Gasteiger partial charge in [0.05, 0.1) is 12.5 Å². The van der Waals surface area contributed by atoms with Gasteiger partial charge in [-0.05, 0) is 111 Å². The summed E-state index contributed by atoms with van der Waals surface area (Å²) >= 11 is 0. The first-order chi connectivity index (χ1) is 16.2. The van der Waals surface area contributed by atoms with Gasteiger partial charge in [-0.25, -0.2) is 0 Å². The summed E-state index contributed by atoms with van der Waals surface area (Å²) in [6, 6.07) is 0. The van der Waals surface area contributed by atoms with Crippen LogP contribution in [0.5, 0.6) is 0 Å². The number of carbonyl (C=O) groups excluding carboxylic acids is 1. The number of carbonyl (C=O) groups is 2. The highest BCUT2D eigenvalue weighted by molar-refractivity contribution is 5.74. The van der Waals surface area contributed by atoms with Gasteiger partial charge in [0.2, 0.25) is 0 Å². The molecule has 0 bridgehead atoms. The number of rotatable bonds is 5. The summed E-state index contributed by atoms with van der Waals surface area (Å²) in [5, 5.41) is 10.1. The lowest BCUT2D eigenvalue weighted by Crippen LogP contribution is -2.61. The van der Waals surface area contributed by atoms with Crippen molar-refractivity contribution in [2.24, 2.45) is 44.8 Å². The number of methoxy groups -OCH3 is 1. The van der Waals surface area contributed by atoms with Gasteiger partial charge in [0.25, 0.3) is 0 Å². The van der Waals surface area contributed by atoms with E-state index in [4.69, 9.17) is 4.74 Å². The average molecular weight is 485 g/mol. The minimum atomic E-state index is -0.635. The third-order valence-electron chi connectivity index (χ3n) is 12.3. The van der Waals surface area contributed by atoms with Crippen molar-refractivity contribution in [2.45, 2.75) is 106 Å². The zero-order valence-corrected chi connectivity index (χ0v) is 23.3. The first kappa shape index (κ1) is 26.5. The lowest BCUT2D eigenvalue weighted by atomic mass is 9.35. The molecule has 35 heavy (non-hydrogen) atoms. The Balaban J connectivity index is 1.77. The van der Waals surface area contributed by atoms with Crippen molar-refractivity contribution in [3.05, 3.63) is 23.8 Å². The summed E-state index contributed by atoms with van der Waals surface area (Å²) in [7, 11) is 1.48. The van der Waals surface area contributed by atoms with E-state index in [2.05, 4.69) is 47.3 Å². The highest BCUT2D eigenvalue weighted by Gasteiger charge is 2.65. The van der Waals surface area contributed by atoms with Crippen molar-refractivity contribution in [2.75, 3.05) is 7.11 Å². The SMILES string of the molecule is C=C(C)C1CCC2(C)C(CC=C3C4CC(C)(C(=O)O)CCC4(C)CCC32C)C1(C)CCC(=O)OC. The number of allylic oxidation sites excluding steroid dienone is 3. The maximum absolute atomic E-state index is 12.3. The van der Waals surface area contributed by atoms with Crippen LogP contribution >= 0.6 is 0 Å². The zero-order chi connectivity index (χ0) is 26.0. The molecule has 0 radical (unpaired) electrons. The van der Waals surface area contributed by atoms with Crippen LogP contribution in [0, 0.1) is 44.8 Å². The summed E-state index contributed by atoms with van der Waals surface area (Å²) < 4.78 is 5.04. The Morgan fingerprint density at radius 2 is 1.74 bits per heavy atom. The molecule has 3 fully saturated rings. The predicted molar refractivity (Wildman–Crippen MR) is 140 cm³/mol. The number of hydrogen-bond acceptors (Lipinski definition) is 3. The summed E-state index contributed by atoms with van der Waals surface area (Å²) in [5.74, 6) is 0.449. The Morgan fingerprint density at radius 3 is 2.34 bits per heavy atom. The highest BCUT2D eigenvalue weighted by Crippen LogP contribution is 2.74. The topological polar surface area (TPSA) is 63.6 Å². The maximum Gasteiger partial charge on any atom is 0.309 e. The molecular formula is C31H48O4. The summed E-state index contributed by atoms with van der Waals surface area (Å²) in [4.78, 5) is 24.5. The van der Waals surface area contributed by atoms with Crippen LogP contribution in [0.3, 0.4) is 0 Å². The van der Waals surface area contributed by atoms with Crippen LogP contribution in [-0.4, -0.2) is 24.2 Å². The largest absolute Gasteiger partial charge is 0.481 e. The molecule has 3 saturated carbocycles. The predicted octanol–water partition coefficient (Wildman–Crippen LogP) is 7.58. The molecule has 0 aromatic rings. The van der Waals surface area contributed by atoms with Crippen molar-refractivity contribution in [1.29, 1.82) is 0 Å². The van der Waals surface area contributed by atoms with E-state index in [-0.39, 0.29) is 27.6 Å². The summed E-state index contributed by atoms with van der Waals surface area (Å²) in [6.45, 7) is 18.4. The van der Waals surface area contributed by atoms with Gasteiger partial charge in [0, 0.05) is 6.42 Å². The lowest BCUT2D eigenvalue weighted by molar-refractivity contribution is -0.161. The van der Waals surface area contributed by atoms with Gasteiger partial charge < -0.3 is 9.84 Å². The summed E-state index contributed by atoms with van der Waals surface area (Å²) in [6.07, 6.45) is 12.0. The molecule has 0 aromatic carbocycles. The van der Waals surface area contributed by atoms with E-state index in [9.17, 15) is 14.7 Å². The first-order valence-electron chi connectivity index (χ1n) is 13.8. The minimum absolute atomic E-state index is 0.0129. The van der Waals surface area contributed by atoms with Crippen LogP contribution < -0.4 is 0 Å². The number of carboxylic acids is 1. The number of esters is 1. The molecule has 4 rings (SSSR count). The minimum Gasteiger partial charge on any atom is -0.481 e. The Hall–Kier alpha value is -1.58. The van der Waals surface area contributed by atoms with E-state index in [1.807, 2.05) is 6.92 Å². The molecule has 4 aliphatic rings. The zero-order valence-electron chi connectivity index (χ0n) is 23.3. The van der Waals surface area contributed by atoms with Crippen LogP contribution in [-0.2, 0) is 14.3 Å². The second-order valence-corrected chi connectivity index (χ2v) is 14.0. The van der Waals surface area contributed by atoms with E-state index in [1.165, 1.54) is 25.5 Å². The maximum atomic E-state index is 12.3. The van der Waals surface area contributed by atoms with Crippen LogP contribution in [0.25, 0.3) is 0 Å². The van der Waals surface area contributed by atoms with Gasteiger partial charge in [-0.2, -0.15) is 0 Å². The fourth-order valence-corrected chi connectivity index (χ4v) is 9.55. The van der Waals surface area contributed by atoms with Gasteiger partial charge in [-0.1, -0.05) is 51.5 Å². The number of aliphatic carboxylic acids is 1. The lowest BCUT2D eigenvalue weighted by Gasteiger charge is -2.69. The Bertz CT molecular complexity index is 950. The van der Waals surface area contributed by atoms with Gasteiger partial charge in [-0.15, -0.1) is 0 Å². The van der Waals surface area contributed by atoms with E-state index >= 15 is 0 Å². The monoisotopic (exact) mass is 484 g/mol. The first-order valence-corrected chi connectivity index (χ1v) is 13.8. The molecular weight excluding hydrogens is 436 g/mol. The van der Waals surface area contributed by atoms with Crippen molar-refractivity contribution >= 4 is 11.9 Å². The standard InChI is InChI=1S/C31H48O4/c1-20(2)21-11-14-31(7)24(29(21,5)13-12-25(32)35-8)10-9-22-23-19-28(4,26(33)34)16-15-27(23,3)17-18-30(22,31)6/h9,21,23-24H,1,10-19H2,2-8H3,(H,33,34). The third kappa shape index (κ3) is 3.75. The quantitative estimate of drug-likeness (QED) is 0.323. The average Bonchev–Trinajstić information content (AvgIpc) is 2.79. The molecule has 4 aliphatic carbocycles. The molecule has 4 nitrogen and oxygen atoms in total. The molecule has 8 atom stereocenters. The number of carboxylic acid groups (broad SMARTS) is 1. The molecule has 1 N–H and O–H groups in total. The smallest absolute Gasteiger partial charge is 0.309 e. The van der Waals surface area contributed by atoms with E-state index in [0.717, 1.165) is 44.9 Å². The van der Waals surface area contributed by atoms with Crippen molar-refractivity contribution in [1.82, 2.24) is 0 Å². The summed E-state index contributed by atoms with van der Waals surface area (Å²) in [5.41, 5.74) is 2.53. The second kappa shape index (κ2) is 8.48. The van der Waals surface area contributed by atoms with Crippen molar-refractivity contribution < 1.29 is 19.4 Å². The van der Waals surface area contributed by atoms with Gasteiger partial charge in [0.1, 0.15) is 0 Å². The van der Waals surface area contributed by atoms with Crippen LogP contribution in [0.2, 0.25) is 0 Å². The number of hydrogen-bond donors (Lipinski definition) is 1. The van der Waals surface area contributed by atoms with E-state index in [1.54, 1.807) is 5.57 Å². The Labute approximate surface area is 213 Å². The Kier molecular flexibility index (Phi) is 6.42. The fourth-order valence-electron chi connectivity index (χ4n) is 9.55. The number of fused-ring (bicyclic) bond motifs is 5. The van der Waals surface area contributed by atoms with E-state index < -0.39 is 11.4 Å². The Morgan fingerprint density at radius 1 is 1.09 bits per heavy atom. The molecule has 0 heterocycles. The molecule has 0 amide bonds. The van der Waals surface area contributed by atoms with Gasteiger partial charge in [0.15, 0.2) is 0 Å². The van der Waals surface area contributed by atoms with Crippen molar-refractivity contribution in [3.63, 3.8) is 0 Å². The number of ether oxygens (including phenoxy) is 1. The molecule has 0 spiro atoms. The molecule has 0 aromatic heterocycles. The van der Waals surface area contributed by atoms with Gasteiger partial charge >= 0.3 is 11.9 Å². The van der Waals surface area contributed by atoms with Gasteiger partial charge in [-0.3, -0.25) is 9.59 Å². The molecule has 8 unspecified atom stereocenters. The molecule has 0 aliphatic heterocycles. The normalized spacial score (nSPS) is 46.9. The van der Waals surface area contributed by atoms with Crippen LogP contribution in [0.4, 0.5) is 0 Å². The van der Waals surface area contributed by atoms with Crippen LogP contribution in [0.15, 0.2) is 23.8 Å². The van der Waals surface area contributed by atoms with Crippen LogP contribution in [0.1, 0.15) is 106 Å². The molecule has 0 saturated heterocycles. The molecule has 196 valence electrons. The fraction of sp³-hybridized carbons (Fsp3) is 0.806. The molecule has 4 heteroatoms. The highest BCUT2D eigenvalue weighted by atomic mass is 16.5. The second-order valence-electron chi connectivity index (χ2n) is 14.0. The third-order valence-corrected chi connectivity index (χ3v) is 12.3. The van der Waals surface area contributed by atoms with E-state index in [0.29, 0.717) is 24.2 Å².